The highest BCUT2D eigenvalue weighted by Crippen LogP contribution is 2.62. The maximum atomic E-state index is 11.3. The van der Waals surface area contributed by atoms with Gasteiger partial charge in [-0.05, 0) is 66.9 Å². The first kappa shape index (κ1) is 20.2. The molecule has 0 unspecified atom stereocenters. The first-order chi connectivity index (χ1) is 13.6. The zero-order valence-corrected chi connectivity index (χ0v) is 17.2. The van der Waals surface area contributed by atoms with Gasteiger partial charge in [0.2, 0.25) is 0 Å². The summed E-state index contributed by atoms with van der Waals surface area (Å²) >= 11 is 0. The molecule has 0 aromatic heterocycles. The van der Waals surface area contributed by atoms with Gasteiger partial charge >= 0.3 is 5.97 Å². The number of aliphatic hydroxyl groups excluding tert-OH is 3. The van der Waals surface area contributed by atoms with Crippen LogP contribution in [0.4, 0.5) is 0 Å². The molecular formula is C24H30O5. The van der Waals surface area contributed by atoms with Crippen molar-refractivity contribution in [3.63, 3.8) is 0 Å². The van der Waals surface area contributed by atoms with Crippen molar-refractivity contribution >= 4 is 5.97 Å². The van der Waals surface area contributed by atoms with Crippen LogP contribution in [0.1, 0.15) is 46.5 Å². The van der Waals surface area contributed by atoms with Crippen LogP contribution in [0.2, 0.25) is 0 Å². The van der Waals surface area contributed by atoms with Crippen LogP contribution in [0, 0.1) is 22.7 Å². The molecule has 0 spiro atoms. The summed E-state index contributed by atoms with van der Waals surface area (Å²) in [5, 5.41) is 41.3. The van der Waals surface area contributed by atoms with E-state index in [9.17, 15) is 20.1 Å². The van der Waals surface area contributed by atoms with Crippen molar-refractivity contribution in [3.8, 4) is 0 Å². The minimum atomic E-state index is -0.795. The third-order valence-corrected chi connectivity index (χ3v) is 7.82. The molecule has 5 nitrogen and oxygen atoms in total. The average molecular weight is 398 g/mol. The number of allylic oxidation sites excluding steroid dienone is 4. The number of hydrogen-bond donors (Lipinski definition) is 4. The third-order valence-electron chi connectivity index (χ3n) is 7.82. The van der Waals surface area contributed by atoms with Crippen molar-refractivity contribution in [2.75, 3.05) is 0 Å². The Hall–Kier alpha value is -2.11. The zero-order chi connectivity index (χ0) is 21.1. The van der Waals surface area contributed by atoms with E-state index < -0.39 is 29.0 Å². The van der Waals surface area contributed by atoms with Crippen LogP contribution in [-0.2, 0) is 4.79 Å². The zero-order valence-electron chi connectivity index (χ0n) is 17.2. The first-order valence-corrected chi connectivity index (χ1v) is 10.5. The minimum absolute atomic E-state index is 0.126. The molecule has 4 aliphatic rings. The molecule has 0 aromatic rings. The Morgan fingerprint density at radius 3 is 2.69 bits per heavy atom. The average Bonchev–Trinajstić information content (AvgIpc) is 3.01. The van der Waals surface area contributed by atoms with E-state index in [-0.39, 0.29) is 24.0 Å². The standard InChI is InChI=1S/C24H30O5/c1-13(4-7-21(28)29)16-5-6-17-22-18(12-20(27)24(16,17)3)23(2)9-8-15(25)10-14(23)11-19(22)26/h8-13,15-16,20,25-27H,4-7H2,1-3H3,(H,28,29)/t13-,15-,16-,20+,23+,24-/m1/s1. The van der Waals surface area contributed by atoms with E-state index in [4.69, 9.17) is 5.11 Å². The molecule has 4 aliphatic carbocycles. The molecule has 4 rings (SSSR count). The number of carboxylic acids is 1. The molecule has 0 amide bonds. The molecule has 0 radical (unpaired) electrons. The summed E-state index contributed by atoms with van der Waals surface area (Å²) in [6.07, 6.45) is 10.0. The van der Waals surface area contributed by atoms with Crippen molar-refractivity contribution in [1.29, 1.82) is 0 Å². The fourth-order valence-electron chi connectivity index (χ4n) is 6.08. The van der Waals surface area contributed by atoms with Crippen LogP contribution in [-0.4, -0.2) is 38.6 Å². The maximum absolute atomic E-state index is 11.3. The van der Waals surface area contributed by atoms with Crippen LogP contribution in [0.5, 0.6) is 0 Å². The summed E-state index contributed by atoms with van der Waals surface area (Å²) in [5.41, 5.74) is 2.61. The molecule has 1 fully saturated rings. The third kappa shape index (κ3) is 2.86. The second kappa shape index (κ2) is 6.71. The maximum Gasteiger partial charge on any atom is 0.303 e. The van der Waals surface area contributed by atoms with Crippen LogP contribution in [0.25, 0.3) is 0 Å². The highest BCUT2D eigenvalue weighted by Gasteiger charge is 2.55. The Kier molecular flexibility index (Phi) is 4.67. The van der Waals surface area contributed by atoms with Gasteiger partial charge in [-0.15, -0.1) is 0 Å². The van der Waals surface area contributed by atoms with Crippen molar-refractivity contribution in [3.05, 3.63) is 58.4 Å². The number of rotatable bonds is 4. The molecule has 0 aliphatic heterocycles. The number of carboxylic acid groups (broad SMARTS) is 1. The normalized spacial score (nSPS) is 39.1. The van der Waals surface area contributed by atoms with E-state index in [1.54, 1.807) is 18.2 Å². The summed E-state index contributed by atoms with van der Waals surface area (Å²) in [5.74, 6) is -0.298. The Balaban J connectivity index is 1.80. The molecule has 1 saturated carbocycles. The predicted molar refractivity (Wildman–Crippen MR) is 110 cm³/mol. The van der Waals surface area contributed by atoms with Crippen molar-refractivity contribution in [2.24, 2.45) is 22.7 Å². The van der Waals surface area contributed by atoms with Crippen molar-refractivity contribution < 1.29 is 25.2 Å². The highest BCUT2D eigenvalue weighted by atomic mass is 16.4. The van der Waals surface area contributed by atoms with Gasteiger partial charge in [-0.2, -0.15) is 0 Å². The van der Waals surface area contributed by atoms with Gasteiger partial charge in [0.1, 0.15) is 5.76 Å². The molecule has 6 atom stereocenters. The lowest BCUT2D eigenvalue weighted by Crippen LogP contribution is -2.44. The lowest BCUT2D eigenvalue weighted by molar-refractivity contribution is -0.137. The summed E-state index contributed by atoms with van der Waals surface area (Å²) in [7, 11) is 0. The van der Waals surface area contributed by atoms with Crippen LogP contribution in [0.15, 0.2) is 58.4 Å². The number of carbonyl (C=O) groups is 1. The summed E-state index contributed by atoms with van der Waals surface area (Å²) in [6.45, 7) is 6.18. The Morgan fingerprint density at radius 1 is 1.28 bits per heavy atom. The fraction of sp³-hybridized carbons (Fsp3) is 0.542. The second-order valence-electron chi connectivity index (χ2n) is 9.42. The number of aliphatic carboxylic acids is 1. The van der Waals surface area contributed by atoms with E-state index in [1.165, 1.54) is 0 Å². The highest BCUT2D eigenvalue weighted by molar-refractivity contribution is 5.67. The monoisotopic (exact) mass is 398 g/mol. The largest absolute Gasteiger partial charge is 0.507 e. The molecule has 5 heteroatoms. The van der Waals surface area contributed by atoms with Gasteiger partial charge in [0.05, 0.1) is 12.2 Å². The summed E-state index contributed by atoms with van der Waals surface area (Å²) < 4.78 is 0. The number of aliphatic hydroxyl groups is 3. The molecule has 29 heavy (non-hydrogen) atoms. The lowest BCUT2D eigenvalue weighted by atomic mass is 9.57. The van der Waals surface area contributed by atoms with Gasteiger partial charge in [0.15, 0.2) is 0 Å². The predicted octanol–water partition coefficient (Wildman–Crippen LogP) is 3.82. The van der Waals surface area contributed by atoms with Gasteiger partial charge in [0.25, 0.3) is 0 Å². The fourth-order valence-corrected chi connectivity index (χ4v) is 6.08. The number of hydrogen-bond acceptors (Lipinski definition) is 4. The van der Waals surface area contributed by atoms with Gasteiger partial charge in [-0.3, -0.25) is 4.79 Å². The van der Waals surface area contributed by atoms with E-state index in [2.05, 4.69) is 13.8 Å². The second-order valence-corrected chi connectivity index (χ2v) is 9.42. The van der Waals surface area contributed by atoms with E-state index in [1.807, 2.05) is 19.1 Å². The van der Waals surface area contributed by atoms with Crippen molar-refractivity contribution in [2.45, 2.75) is 58.7 Å². The number of fused-ring (bicyclic) bond motifs is 4. The molecule has 4 N–H and O–H groups in total. The van der Waals surface area contributed by atoms with E-state index >= 15 is 0 Å². The Morgan fingerprint density at radius 2 is 2.00 bits per heavy atom. The molecule has 156 valence electrons. The smallest absolute Gasteiger partial charge is 0.303 e. The Bertz CT molecular complexity index is 904. The van der Waals surface area contributed by atoms with Crippen molar-refractivity contribution in [1.82, 2.24) is 0 Å². The van der Waals surface area contributed by atoms with Gasteiger partial charge < -0.3 is 20.4 Å². The summed E-state index contributed by atoms with van der Waals surface area (Å²) in [6, 6.07) is 0. The van der Waals surface area contributed by atoms with E-state index in [0.29, 0.717) is 6.42 Å². The SMILES string of the molecule is C[C@H](CCC(=O)O)[C@H]1CCC2=C3C(O)=CC4=C[C@H](O)C=C[C@]4(C)C3=C[C@H](O)[C@@]21C. The molecule has 0 saturated heterocycles. The quantitative estimate of drug-likeness (QED) is 0.540. The molecule has 0 bridgehead atoms. The van der Waals surface area contributed by atoms with Gasteiger partial charge in [0, 0.05) is 22.8 Å². The van der Waals surface area contributed by atoms with Crippen LogP contribution < -0.4 is 0 Å². The topological polar surface area (TPSA) is 98.0 Å². The van der Waals surface area contributed by atoms with E-state index in [0.717, 1.165) is 35.1 Å². The molecular weight excluding hydrogens is 368 g/mol. The van der Waals surface area contributed by atoms with Gasteiger partial charge in [-0.1, -0.05) is 32.1 Å². The minimum Gasteiger partial charge on any atom is -0.507 e. The Labute approximate surface area is 171 Å². The first-order valence-electron chi connectivity index (χ1n) is 10.5. The molecule has 0 heterocycles. The van der Waals surface area contributed by atoms with Crippen LogP contribution >= 0.6 is 0 Å². The van der Waals surface area contributed by atoms with Gasteiger partial charge in [-0.25, -0.2) is 0 Å². The van der Waals surface area contributed by atoms with Crippen LogP contribution in [0.3, 0.4) is 0 Å². The lowest BCUT2D eigenvalue weighted by Gasteiger charge is -2.48. The molecule has 0 aromatic carbocycles. The summed E-state index contributed by atoms with van der Waals surface area (Å²) in [4.78, 5) is 11.0.